The molecule has 3 heteroatoms. The van der Waals surface area contributed by atoms with Gasteiger partial charge in [0, 0.05) is 11.9 Å². The molecular formula is C22H27N3. The third-order valence-electron chi connectivity index (χ3n) is 6.41. The Morgan fingerprint density at radius 3 is 2.68 bits per heavy atom. The Morgan fingerprint density at radius 2 is 1.88 bits per heavy atom. The first-order valence-corrected chi connectivity index (χ1v) is 9.51. The van der Waals surface area contributed by atoms with E-state index in [0.717, 1.165) is 29.7 Å². The molecule has 1 fully saturated rings. The molecule has 1 unspecified atom stereocenters. The van der Waals surface area contributed by atoms with Gasteiger partial charge in [-0.1, -0.05) is 62.6 Å². The van der Waals surface area contributed by atoms with Crippen molar-refractivity contribution in [3.05, 3.63) is 54.9 Å². The normalized spacial score (nSPS) is 25.2. The van der Waals surface area contributed by atoms with Gasteiger partial charge >= 0.3 is 0 Å². The summed E-state index contributed by atoms with van der Waals surface area (Å²) in [5.74, 6) is 0.967. The number of rotatable bonds is 4. The molecule has 0 aliphatic heterocycles. The minimum atomic E-state index is 0.220. The van der Waals surface area contributed by atoms with Gasteiger partial charge in [0.25, 0.3) is 0 Å². The van der Waals surface area contributed by atoms with E-state index in [-0.39, 0.29) is 5.41 Å². The van der Waals surface area contributed by atoms with Crippen LogP contribution in [0.1, 0.15) is 45.4 Å². The number of nitrogens with one attached hydrogen (secondary N) is 1. The number of nitrogens with zero attached hydrogens (tertiary/aromatic N) is 2. The largest absolute Gasteiger partial charge is 0.369 e. The number of hydrogen-bond acceptors (Lipinski definition) is 3. The van der Waals surface area contributed by atoms with Crippen LogP contribution in [0.25, 0.3) is 10.9 Å². The molecule has 4 rings (SSSR count). The van der Waals surface area contributed by atoms with E-state index in [2.05, 4.69) is 64.7 Å². The van der Waals surface area contributed by atoms with Crippen LogP contribution in [0.15, 0.2) is 54.9 Å². The lowest BCUT2D eigenvalue weighted by atomic mass is 9.55. The molecule has 0 saturated heterocycles. The van der Waals surface area contributed by atoms with E-state index in [0.29, 0.717) is 5.41 Å². The first-order chi connectivity index (χ1) is 12.2. The fourth-order valence-corrected chi connectivity index (χ4v) is 4.70. The molecule has 0 bridgehead atoms. The first-order valence-electron chi connectivity index (χ1n) is 9.51. The maximum absolute atomic E-state index is 4.54. The van der Waals surface area contributed by atoms with Gasteiger partial charge in [-0.2, -0.15) is 0 Å². The summed E-state index contributed by atoms with van der Waals surface area (Å²) in [6.07, 6.45) is 18.6. The van der Waals surface area contributed by atoms with Crippen LogP contribution in [0.4, 0.5) is 5.82 Å². The summed E-state index contributed by atoms with van der Waals surface area (Å²) >= 11 is 0. The summed E-state index contributed by atoms with van der Waals surface area (Å²) in [6.45, 7) is 3.42. The monoisotopic (exact) mass is 333 g/mol. The molecule has 0 radical (unpaired) electrons. The molecule has 1 aromatic carbocycles. The zero-order valence-corrected chi connectivity index (χ0v) is 15.0. The van der Waals surface area contributed by atoms with Crippen LogP contribution in [-0.4, -0.2) is 16.5 Å². The lowest BCUT2D eigenvalue weighted by Gasteiger charge is -2.50. The van der Waals surface area contributed by atoms with Crippen molar-refractivity contribution in [3.8, 4) is 0 Å². The number of hydrogen-bond donors (Lipinski definition) is 1. The van der Waals surface area contributed by atoms with E-state index >= 15 is 0 Å². The van der Waals surface area contributed by atoms with Gasteiger partial charge in [0.15, 0.2) is 0 Å². The Kier molecular flexibility index (Phi) is 4.32. The molecule has 0 amide bonds. The summed E-state index contributed by atoms with van der Waals surface area (Å²) in [6, 6.07) is 8.25. The number of anilines is 1. The first kappa shape index (κ1) is 16.3. The highest BCUT2D eigenvalue weighted by atomic mass is 15.0. The number of fused-ring (bicyclic) bond motifs is 1. The molecule has 1 aromatic heterocycles. The van der Waals surface area contributed by atoms with Crippen LogP contribution in [0.2, 0.25) is 0 Å². The molecular weight excluding hydrogens is 306 g/mol. The average molecular weight is 333 g/mol. The lowest BCUT2D eigenvalue weighted by molar-refractivity contribution is 0.0632. The third-order valence-corrected chi connectivity index (χ3v) is 6.41. The minimum absolute atomic E-state index is 0.220. The van der Waals surface area contributed by atoms with Gasteiger partial charge in [0.1, 0.15) is 12.1 Å². The van der Waals surface area contributed by atoms with Gasteiger partial charge in [0.2, 0.25) is 0 Å². The van der Waals surface area contributed by atoms with Crippen LogP contribution < -0.4 is 5.32 Å². The van der Waals surface area contributed by atoms with E-state index in [1.54, 1.807) is 6.33 Å². The van der Waals surface area contributed by atoms with Gasteiger partial charge in [0.05, 0.1) is 5.52 Å². The van der Waals surface area contributed by atoms with E-state index in [4.69, 9.17) is 0 Å². The second-order valence-electron chi connectivity index (χ2n) is 7.84. The van der Waals surface area contributed by atoms with Crippen molar-refractivity contribution in [2.45, 2.75) is 45.4 Å². The van der Waals surface area contributed by atoms with E-state index < -0.39 is 0 Å². The van der Waals surface area contributed by atoms with Crippen LogP contribution in [0, 0.1) is 10.8 Å². The number of allylic oxidation sites excluding steroid dienone is 4. The Balaban J connectivity index is 1.63. The highest BCUT2D eigenvalue weighted by Gasteiger charge is 2.46. The maximum atomic E-state index is 4.54. The Morgan fingerprint density at radius 1 is 1.04 bits per heavy atom. The van der Waals surface area contributed by atoms with Crippen molar-refractivity contribution >= 4 is 16.7 Å². The highest BCUT2D eigenvalue weighted by molar-refractivity contribution is 5.88. The fourth-order valence-electron chi connectivity index (χ4n) is 4.70. The van der Waals surface area contributed by atoms with Crippen molar-refractivity contribution in [1.82, 2.24) is 9.97 Å². The summed E-state index contributed by atoms with van der Waals surface area (Å²) in [4.78, 5) is 8.92. The molecule has 1 heterocycles. The van der Waals surface area contributed by atoms with E-state index in [9.17, 15) is 0 Å². The topological polar surface area (TPSA) is 37.8 Å². The van der Waals surface area contributed by atoms with Crippen molar-refractivity contribution in [3.63, 3.8) is 0 Å². The maximum Gasteiger partial charge on any atom is 0.137 e. The second-order valence-corrected chi connectivity index (χ2v) is 7.84. The van der Waals surface area contributed by atoms with Gasteiger partial charge in [-0.15, -0.1) is 0 Å². The van der Waals surface area contributed by atoms with Crippen LogP contribution in [0.3, 0.4) is 0 Å². The standard InChI is InChI=1S/C22H27N3/c1-21(12-6-2-7-13-21)22(14-8-3-9-15-22)16-23-20-18-10-4-5-11-19(18)24-17-25-20/h2,4-7,10-12,17H,3,8-9,13-16H2,1H3,(H,23,24,25). The molecule has 2 aliphatic carbocycles. The summed E-state index contributed by atoms with van der Waals surface area (Å²) < 4.78 is 0. The zero-order valence-electron chi connectivity index (χ0n) is 15.0. The predicted molar refractivity (Wildman–Crippen MR) is 105 cm³/mol. The van der Waals surface area contributed by atoms with Crippen molar-refractivity contribution in [1.29, 1.82) is 0 Å². The van der Waals surface area contributed by atoms with Crippen LogP contribution in [0.5, 0.6) is 0 Å². The quantitative estimate of drug-likeness (QED) is 0.801. The van der Waals surface area contributed by atoms with Crippen molar-refractivity contribution in [2.75, 3.05) is 11.9 Å². The molecule has 130 valence electrons. The third kappa shape index (κ3) is 2.97. The van der Waals surface area contributed by atoms with E-state index in [1.165, 1.54) is 32.1 Å². The molecule has 25 heavy (non-hydrogen) atoms. The summed E-state index contributed by atoms with van der Waals surface area (Å²) in [7, 11) is 0. The number of para-hydroxylation sites is 1. The van der Waals surface area contributed by atoms with Crippen molar-refractivity contribution < 1.29 is 0 Å². The van der Waals surface area contributed by atoms with Gasteiger partial charge in [-0.05, 0) is 42.2 Å². The van der Waals surface area contributed by atoms with Gasteiger partial charge < -0.3 is 5.32 Å². The van der Waals surface area contributed by atoms with Gasteiger partial charge in [-0.3, -0.25) is 0 Å². The molecule has 3 nitrogen and oxygen atoms in total. The Hall–Kier alpha value is -2.16. The molecule has 0 spiro atoms. The molecule has 2 aromatic rings. The molecule has 1 atom stereocenters. The molecule has 1 saturated carbocycles. The van der Waals surface area contributed by atoms with E-state index in [1.807, 2.05) is 6.07 Å². The SMILES string of the molecule is CC1(C2(CNc3ncnc4ccccc34)CCCCC2)C=CC=CC1. The zero-order chi connectivity index (χ0) is 17.2. The summed E-state index contributed by atoms with van der Waals surface area (Å²) in [5, 5.41) is 4.82. The van der Waals surface area contributed by atoms with Crippen LogP contribution in [-0.2, 0) is 0 Å². The van der Waals surface area contributed by atoms with Gasteiger partial charge in [-0.25, -0.2) is 9.97 Å². The predicted octanol–water partition coefficient (Wildman–Crippen LogP) is 5.51. The lowest BCUT2D eigenvalue weighted by Crippen LogP contribution is -2.45. The Labute approximate surface area is 150 Å². The second kappa shape index (κ2) is 6.62. The minimum Gasteiger partial charge on any atom is -0.369 e. The number of benzene rings is 1. The van der Waals surface area contributed by atoms with Crippen LogP contribution >= 0.6 is 0 Å². The smallest absolute Gasteiger partial charge is 0.137 e. The average Bonchev–Trinajstić information content (AvgIpc) is 2.67. The molecule has 1 N–H and O–H groups in total. The fraction of sp³-hybridized carbons (Fsp3) is 0.455. The Bertz CT molecular complexity index is 797. The molecule has 2 aliphatic rings. The highest BCUT2D eigenvalue weighted by Crippen LogP contribution is 2.53. The summed E-state index contributed by atoms with van der Waals surface area (Å²) in [5.41, 5.74) is 1.51. The van der Waals surface area contributed by atoms with Crippen molar-refractivity contribution in [2.24, 2.45) is 10.8 Å². The number of aromatic nitrogens is 2.